The highest BCUT2D eigenvalue weighted by Crippen LogP contribution is 2.14. The second-order valence-corrected chi connectivity index (χ2v) is 22.0. The fourth-order valence-electron chi connectivity index (χ4n) is 8.14. The third-order valence-electron chi connectivity index (χ3n) is 12.6. The molecule has 28 nitrogen and oxygen atoms in total. The minimum Gasteiger partial charge on any atom is -0.508 e. The van der Waals surface area contributed by atoms with E-state index in [1.165, 1.54) is 48.6 Å². The number of rotatable bonds is 39. The Morgan fingerprint density at radius 2 is 1.13 bits per heavy atom. The van der Waals surface area contributed by atoms with Crippen LogP contribution in [0.2, 0.25) is 0 Å². The summed E-state index contributed by atoms with van der Waals surface area (Å²) >= 11 is 1.36. The van der Waals surface area contributed by atoms with Gasteiger partial charge in [0.1, 0.15) is 54.1 Å². The molecule has 82 heavy (non-hydrogen) atoms. The molecule has 2 aromatic rings. The molecular formula is C53H86N14O14S. The number of nitrogens with zero attached hydrogens (tertiary/aromatic N) is 1. The lowest BCUT2D eigenvalue weighted by Crippen LogP contribution is -2.61. The van der Waals surface area contributed by atoms with E-state index in [1.54, 1.807) is 34.0 Å². The largest absolute Gasteiger partial charge is 0.508 e. The Bertz CT molecular complexity index is 2410. The number of benzene rings is 1. The number of unbranched alkanes of at least 4 members (excludes halogenated alkanes) is 1. The van der Waals surface area contributed by atoms with Crippen molar-refractivity contribution in [2.24, 2.45) is 35.0 Å². The summed E-state index contributed by atoms with van der Waals surface area (Å²) in [7, 11) is 0. The highest BCUT2D eigenvalue weighted by atomic mass is 32.2. The van der Waals surface area contributed by atoms with Gasteiger partial charge in [0.15, 0.2) is 0 Å². The summed E-state index contributed by atoms with van der Waals surface area (Å²) < 4.78 is 0. The second-order valence-electron chi connectivity index (χ2n) is 21.0. The van der Waals surface area contributed by atoms with Crippen molar-refractivity contribution in [2.75, 3.05) is 31.7 Å². The van der Waals surface area contributed by atoms with Crippen molar-refractivity contribution < 1.29 is 68.1 Å². The van der Waals surface area contributed by atoms with E-state index >= 15 is 0 Å². The third kappa shape index (κ3) is 26.5. The number of H-pyrrole nitrogens is 1. The van der Waals surface area contributed by atoms with Crippen molar-refractivity contribution in [3.63, 3.8) is 0 Å². The Hall–Kier alpha value is -7.37. The third-order valence-corrected chi connectivity index (χ3v) is 13.3. The summed E-state index contributed by atoms with van der Waals surface area (Å²) in [5.41, 5.74) is 17.9. The van der Waals surface area contributed by atoms with Crippen molar-refractivity contribution >= 4 is 76.8 Å². The molecule has 0 spiro atoms. The number of carboxylic acids is 1. The highest BCUT2D eigenvalue weighted by molar-refractivity contribution is 7.98. The van der Waals surface area contributed by atoms with Gasteiger partial charge in [-0.25, -0.2) is 9.78 Å². The number of carbonyl (C=O) groups is 11. The summed E-state index contributed by atoms with van der Waals surface area (Å²) in [4.78, 5) is 154. The van der Waals surface area contributed by atoms with Crippen LogP contribution in [0.1, 0.15) is 104 Å². The van der Waals surface area contributed by atoms with Crippen LogP contribution in [0.3, 0.4) is 0 Å². The van der Waals surface area contributed by atoms with E-state index in [1.807, 2.05) is 13.8 Å². The van der Waals surface area contributed by atoms with Crippen LogP contribution in [-0.2, 0) is 65.6 Å². The molecule has 10 amide bonds. The minimum absolute atomic E-state index is 0.0209. The summed E-state index contributed by atoms with van der Waals surface area (Å²) in [6.07, 6.45) is 5.29. The summed E-state index contributed by atoms with van der Waals surface area (Å²) in [5.74, 6) is -10.5. The molecule has 1 aromatic heterocycles. The normalized spacial score (nSPS) is 14.5. The molecule has 9 atom stereocenters. The van der Waals surface area contributed by atoms with E-state index in [0.717, 1.165) is 0 Å². The van der Waals surface area contributed by atoms with Gasteiger partial charge < -0.3 is 85.4 Å². The molecule has 1 aromatic carbocycles. The number of carboxylic acid groups (broad SMARTS) is 1. The Kier molecular flexibility index (Phi) is 31.8. The fourth-order valence-corrected chi connectivity index (χ4v) is 8.62. The van der Waals surface area contributed by atoms with E-state index in [2.05, 4.69) is 57.8 Å². The zero-order chi connectivity index (χ0) is 61.6. The number of aromatic hydroxyl groups is 1. The molecule has 2 rings (SSSR count). The van der Waals surface area contributed by atoms with Gasteiger partial charge in [-0.05, 0) is 92.5 Å². The molecule has 0 saturated carbocycles. The Morgan fingerprint density at radius 1 is 0.622 bits per heavy atom. The monoisotopic (exact) mass is 1170 g/mol. The summed E-state index contributed by atoms with van der Waals surface area (Å²) in [6.45, 7) is 8.92. The molecular weight excluding hydrogens is 1090 g/mol. The van der Waals surface area contributed by atoms with E-state index in [4.69, 9.17) is 17.2 Å². The highest BCUT2D eigenvalue weighted by Gasteiger charge is 2.35. The molecule has 0 aliphatic heterocycles. The lowest BCUT2D eigenvalue weighted by molar-refractivity contribution is -0.142. The molecule has 19 N–H and O–H groups in total. The summed E-state index contributed by atoms with van der Waals surface area (Å²) in [5, 5.41) is 52.8. The fraction of sp³-hybridized carbons (Fsp3) is 0.623. The Balaban J connectivity index is 2.26. The van der Waals surface area contributed by atoms with E-state index in [9.17, 15) is 68.1 Å². The molecule has 0 unspecified atom stereocenters. The van der Waals surface area contributed by atoms with Gasteiger partial charge in [-0.15, -0.1) is 0 Å². The van der Waals surface area contributed by atoms with Crippen LogP contribution in [0.5, 0.6) is 5.75 Å². The number of aromatic nitrogens is 2. The molecule has 1 heterocycles. The number of hydrogen-bond donors (Lipinski definition) is 16. The van der Waals surface area contributed by atoms with Crippen LogP contribution in [-0.4, -0.2) is 176 Å². The quantitative estimate of drug-likeness (QED) is 0.0301. The topological polar surface area (TPSA) is 463 Å². The maximum Gasteiger partial charge on any atom is 0.326 e. The Morgan fingerprint density at radius 3 is 1.63 bits per heavy atom. The van der Waals surface area contributed by atoms with Crippen molar-refractivity contribution in [1.82, 2.24) is 57.8 Å². The van der Waals surface area contributed by atoms with Crippen LogP contribution in [0.15, 0.2) is 36.8 Å². The molecule has 0 saturated heterocycles. The van der Waals surface area contributed by atoms with E-state index in [-0.39, 0.29) is 62.5 Å². The first kappa shape index (κ1) is 70.7. The Labute approximate surface area is 481 Å². The van der Waals surface area contributed by atoms with Gasteiger partial charge in [0, 0.05) is 31.2 Å². The number of aliphatic carboxylic acids is 1. The number of nitrogens with one attached hydrogen (secondary N) is 10. The standard InChI is InChI=1S/C53H86N14O14S/c1-28(2)20-37(63-45(72)34(55)10-8-9-18-54)48(75)61-35(15-16-42(56)70)46(73)64-38(21-29(3)4)49(76)66-41(26-68)51(78)67-44(30(5)6)52(79)58-25-43(71)60-39(22-31-11-13-33(69)14-12-31)50(77)62-36(17-19-82-7)47(74)65-40(53(80)81)23-32-24-57-27-59-32/h11-14,24,27-30,34-41,44,68-69H,8-10,15-23,25-26,54-55H2,1-7H3,(H2,56,70)(H,57,59)(H,58,79)(H,60,71)(H,61,75)(H,62,77)(H,63,72)(H,64,73)(H,65,74)(H,66,76)(H,67,78)(H,80,81)/t34-,35-,36-,37-,38-,39-,40-,41-,44-/m0/s1. The van der Waals surface area contributed by atoms with Gasteiger partial charge in [0.2, 0.25) is 59.1 Å². The predicted molar refractivity (Wildman–Crippen MR) is 303 cm³/mol. The lowest BCUT2D eigenvalue weighted by Gasteiger charge is -2.28. The minimum atomic E-state index is -1.70. The first-order valence-electron chi connectivity index (χ1n) is 27.2. The number of imidazole rings is 1. The summed E-state index contributed by atoms with van der Waals surface area (Å²) in [6, 6.07) is -6.31. The van der Waals surface area contributed by atoms with Crippen molar-refractivity contribution in [3.05, 3.63) is 48.0 Å². The number of primary amides is 1. The number of thioether (sulfide) groups is 1. The molecule has 0 fully saturated rings. The van der Waals surface area contributed by atoms with Crippen LogP contribution in [0, 0.1) is 17.8 Å². The van der Waals surface area contributed by atoms with Gasteiger partial charge in [0.25, 0.3) is 0 Å². The first-order valence-corrected chi connectivity index (χ1v) is 28.6. The lowest BCUT2D eigenvalue weighted by atomic mass is 10.00. The number of phenolic OH excluding ortho intramolecular Hbond substituents is 1. The molecule has 29 heteroatoms. The first-order chi connectivity index (χ1) is 38.7. The van der Waals surface area contributed by atoms with Gasteiger partial charge in [-0.1, -0.05) is 60.1 Å². The molecule has 0 aliphatic carbocycles. The van der Waals surface area contributed by atoms with E-state index < -0.39 is 138 Å². The van der Waals surface area contributed by atoms with Crippen LogP contribution in [0.25, 0.3) is 0 Å². The molecule has 0 radical (unpaired) electrons. The molecule has 458 valence electrons. The maximum atomic E-state index is 14.0. The number of phenols is 1. The number of aromatic amines is 1. The zero-order valence-corrected chi connectivity index (χ0v) is 48.5. The van der Waals surface area contributed by atoms with Crippen LogP contribution < -0.4 is 65.1 Å². The molecule has 0 aliphatic rings. The van der Waals surface area contributed by atoms with Gasteiger partial charge in [0.05, 0.1) is 25.5 Å². The predicted octanol–water partition coefficient (Wildman–Crippen LogP) is -2.80. The van der Waals surface area contributed by atoms with Gasteiger partial charge in [-0.3, -0.25) is 47.9 Å². The average molecular weight is 1180 g/mol. The molecule has 0 bridgehead atoms. The van der Waals surface area contributed by atoms with Crippen LogP contribution in [0.4, 0.5) is 0 Å². The van der Waals surface area contributed by atoms with Crippen molar-refractivity contribution in [1.29, 1.82) is 0 Å². The average Bonchev–Trinajstić information content (AvgIpc) is 3.97. The number of aliphatic hydroxyl groups excluding tert-OH is 1. The number of carbonyl (C=O) groups excluding carboxylic acids is 10. The maximum absolute atomic E-state index is 14.0. The van der Waals surface area contributed by atoms with Crippen molar-refractivity contribution in [3.8, 4) is 5.75 Å². The van der Waals surface area contributed by atoms with Gasteiger partial charge >= 0.3 is 5.97 Å². The van der Waals surface area contributed by atoms with Gasteiger partial charge in [-0.2, -0.15) is 11.8 Å². The number of amides is 10. The number of aliphatic hydroxyl groups is 1. The second kappa shape index (κ2) is 36.9. The SMILES string of the molecule is CSCC[C@H](NC(=O)[C@H](Cc1ccc(O)cc1)NC(=O)CNC(=O)[C@@H](NC(=O)[C@H](CO)NC(=O)[C@H](CC(C)C)NC(=O)[C@H](CCC(N)=O)NC(=O)[C@H](CC(C)C)NC(=O)[C@@H](N)CCCCN)C(C)C)C(=O)N[C@@H](Cc1cnc[nH]1)C(=O)O. The number of nitrogens with two attached hydrogens (primary N) is 3. The zero-order valence-electron chi connectivity index (χ0n) is 47.7. The van der Waals surface area contributed by atoms with Crippen LogP contribution >= 0.6 is 11.8 Å². The van der Waals surface area contributed by atoms with E-state index in [0.29, 0.717) is 42.8 Å². The number of hydrogen-bond acceptors (Lipinski definition) is 17. The smallest absolute Gasteiger partial charge is 0.326 e. The van der Waals surface area contributed by atoms with Crippen molar-refractivity contribution in [2.45, 2.75) is 160 Å².